The van der Waals surface area contributed by atoms with Gasteiger partial charge < -0.3 is 10.5 Å². The van der Waals surface area contributed by atoms with E-state index in [9.17, 15) is 5.26 Å². The number of hydrogen-bond donors (Lipinski definition) is 1. The molecule has 106 valence electrons. The Bertz CT molecular complexity index is 486. The number of benzene rings is 1. The van der Waals surface area contributed by atoms with Gasteiger partial charge in [0.1, 0.15) is 5.54 Å². The smallest absolute Gasteiger partial charge is 0.131 e. The van der Waals surface area contributed by atoms with Crippen LogP contribution in [0, 0.1) is 11.3 Å². The molecule has 0 radical (unpaired) electrons. The Balaban J connectivity index is 1.63. The van der Waals surface area contributed by atoms with Gasteiger partial charge in [-0.1, -0.05) is 30.3 Å². The first kappa shape index (κ1) is 13.6. The molecular formula is C16H21N3O. The molecule has 20 heavy (non-hydrogen) atoms. The van der Waals surface area contributed by atoms with Gasteiger partial charge in [-0.15, -0.1) is 0 Å². The van der Waals surface area contributed by atoms with Gasteiger partial charge in [0.25, 0.3) is 0 Å². The molecule has 2 heterocycles. The Morgan fingerprint density at radius 2 is 1.90 bits per heavy atom. The normalized spacial score (nSPS) is 28.8. The molecule has 2 N–H and O–H groups in total. The number of rotatable bonds is 4. The number of hydrogen-bond acceptors (Lipinski definition) is 4. The van der Waals surface area contributed by atoms with Crippen molar-refractivity contribution in [3.05, 3.63) is 35.9 Å². The molecule has 2 saturated heterocycles. The highest BCUT2D eigenvalue weighted by Gasteiger charge is 2.35. The Hall–Kier alpha value is -1.41. The zero-order chi connectivity index (χ0) is 14.0. The third-order valence-corrected chi connectivity index (χ3v) is 4.43. The van der Waals surface area contributed by atoms with Gasteiger partial charge in [0.2, 0.25) is 0 Å². The number of likely N-dealkylation sites (tertiary alicyclic amines) is 1. The second-order valence-electron chi connectivity index (χ2n) is 5.92. The predicted octanol–water partition coefficient (Wildman–Crippen LogP) is 1.62. The minimum Gasteiger partial charge on any atom is -0.372 e. The molecule has 3 rings (SSSR count). The summed E-state index contributed by atoms with van der Waals surface area (Å²) < 4.78 is 5.83. The molecule has 1 aromatic carbocycles. The number of fused-ring (bicyclic) bond motifs is 2. The van der Waals surface area contributed by atoms with Crippen LogP contribution in [0.15, 0.2) is 30.3 Å². The van der Waals surface area contributed by atoms with Gasteiger partial charge in [-0.25, -0.2) is 0 Å². The highest BCUT2D eigenvalue weighted by Crippen LogP contribution is 2.28. The van der Waals surface area contributed by atoms with E-state index < -0.39 is 5.54 Å². The molecule has 0 saturated carbocycles. The second-order valence-corrected chi connectivity index (χ2v) is 5.92. The Morgan fingerprint density at radius 3 is 2.50 bits per heavy atom. The lowest BCUT2D eigenvalue weighted by Crippen LogP contribution is -2.46. The summed E-state index contributed by atoms with van der Waals surface area (Å²) in [4.78, 5) is 2.40. The van der Waals surface area contributed by atoms with Crippen LogP contribution in [0.2, 0.25) is 0 Å². The third-order valence-electron chi connectivity index (χ3n) is 4.43. The summed E-state index contributed by atoms with van der Waals surface area (Å²) in [6, 6.07) is 12.0. The van der Waals surface area contributed by atoms with Gasteiger partial charge >= 0.3 is 0 Å². The van der Waals surface area contributed by atoms with Crippen molar-refractivity contribution < 1.29 is 4.74 Å². The Labute approximate surface area is 120 Å². The number of nitrogens with zero attached hydrogens (tertiary/aromatic N) is 2. The van der Waals surface area contributed by atoms with Gasteiger partial charge in [0.15, 0.2) is 0 Å². The lowest BCUT2D eigenvalue weighted by atomic mass is 9.89. The van der Waals surface area contributed by atoms with Crippen molar-refractivity contribution >= 4 is 0 Å². The van der Waals surface area contributed by atoms with Crippen LogP contribution in [0.5, 0.6) is 0 Å². The molecule has 1 aromatic rings. The van der Waals surface area contributed by atoms with Crippen LogP contribution in [-0.2, 0) is 10.3 Å². The maximum atomic E-state index is 9.47. The quantitative estimate of drug-likeness (QED) is 0.904. The molecule has 2 aliphatic heterocycles. The van der Waals surface area contributed by atoms with Crippen LogP contribution in [0.4, 0.5) is 0 Å². The zero-order valence-electron chi connectivity index (χ0n) is 11.7. The van der Waals surface area contributed by atoms with E-state index in [0.717, 1.165) is 25.2 Å². The van der Waals surface area contributed by atoms with E-state index in [4.69, 9.17) is 10.5 Å². The summed E-state index contributed by atoms with van der Waals surface area (Å²) in [7, 11) is 0. The minimum absolute atomic E-state index is 0.389. The van der Waals surface area contributed by atoms with Crippen LogP contribution >= 0.6 is 0 Å². The van der Waals surface area contributed by atoms with E-state index in [1.54, 1.807) is 0 Å². The van der Waals surface area contributed by atoms with Crippen molar-refractivity contribution in [2.24, 2.45) is 5.73 Å². The standard InChI is InChI=1S/C16H21N3O/c17-12-16(18,13-4-2-1-3-5-13)8-9-19-10-14-6-7-15(11-19)20-14/h1-5,14-15H,6-11,18H2. The van der Waals surface area contributed by atoms with Gasteiger partial charge in [0.05, 0.1) is 18.3 Å². The molecule has 0 aromatic heterocycles. The van der Waals surface area contributed by atoms with Crippen molar-refractivity contribution in [3.63, 3.8) is 0 Å². The molecule has 0 aliphatic carbocycles. The average molecular weight is 271 g/mol. The van der Waals surface area contributed by atoms with Crippen LogP contribution in [0.1, 0.15) is 24.8 Å². The van der Waals surface area contributed by atoms with Gasteiger partial charge in [-0.2, -0.15) is 5.26 Å². The summed E-state index contributed by atoms with van der Waals surface area (Å²) in [6.45, 7) is 2.81. The molecule has 0 amide bonds. The second kappa shape index (κ2) is 5.53. The molecule has 0 spiro atoms. The highest BCUT2D eigenvalue weighted by molar-refractivity contribution is 5.30. The monoisotopic (exact) mass is 271 g/mol. The van der Waals surface area contributed by atoms with Crippen molar-refractivity contribution in [1.29, 1.82) is 5.26 Å². The Morgan fingerprint density at radius 1 is 1.25 bits per heavy atom. The molecule has 4 nitrogen and oxygen atoms in total. The summed E-state index contributed by atoms with van der Waals surface area (Å²) >= 11 is 0. The first-order valence-corrected chi connectivity index (χ1v) is 7.33. The van der Waals surface area contributed by atoms with E-state index in [1.165, 1.54) is 12.8 Å². The van der Waals surface area contributed by atoms with Gasteiger partial charge in [-0.3, -0.25) is 4.90 Å². The van der Waals surface area contributed by atoms with Crippen molar-refractivity contribution in [2.75, 3.05) is 19.6 Å². The maximum absolute atomic E-state index is 9.47. The zero-order valence-corrected chi connectivity index (χ0v) is 11.7. The summed E-state index contributed by atoms with van der Waals surface area (Å²) in [5.74, 6) is 0. The van der Waals surface area contributed by atoms with Crippen molar-refractivity contribution in [2.45, 2.75) is 37.0 Å². The highest BCUT2D eigenvalue weighted by atomic mass is 16.5. The average Bonchev–Trinajstić information content (AvgIpc) is 2.84. The molecular weight excluding hydrogens is 250 g/mol. The molecule has 4 heteroatoms. The third kappa shape index (κ3) is 2.71. The first-order chi connectivity index (χ1) is 9.69. The van der Waals surface area contributed by atoms with Gasteiger partial charge in [0, 0.05) is 19.6 Å². The van der Waals surface area contributed by atoms with Crippen LogP contribution in [0.25, 0.3) is 0 Å². The van der Waals surface area contributed by atoms with E-state index in [1.807, 2.05) is 30.3 Å². The van der Waals surface area contributed by atoms with Crippen molar-refractivity contribution in [3.8, 4) is 6.07 Å². The van der Waals surface area contributed by atoms with E-state index in [2.05, 4.69) is 11.0 Å². The van der Waals surface area contributed by atoms with Crippen molar-refractivity contribution in [1.82, 2.24) is 4.90 Å². The first-order valence-electron chi connectivity index (χ1n) is 7.33. The van der Waals surface area contributed by atoms with E-state index in [0.29, 0.717) is 18.6 Å². The fourth-order valence-corrected chi connectivity index (χ4v) is 3.22. The van der Waals surface area contributed by atoms with E-state index in [-0.39, 0.29) is 0 Å². The van der Waals surface area contributed by atoms with Crippen LogP contribution < -0.4 is 5.73 Å². The van der Waals surface area contributed by atoms with Crippen LogP contribution in [0.3, 0.4) is 0 Å². The molecule has 2 fully saturated rings. The molecule has 3 unspecified atom stereocenters. The van der Waals surface area contributed by atoms with E-state index >= 15 is 0 Å². The predicted molar refractivity (Wildman–Crippen MR) is 76.9 cm³/mol. The summed E-state index contributed by atoms with van der Waals surface area (Å²) in [5.41, 5.74) is 6.31. The Kier molecular flexibility index (Phi) is 3.75. The maximum Gasteiger partial charge on any atom is 0.131 e. The molecule has 3 atom stereocenters. The lowest BCUT2D eigenvalue weighted by molar-refractivity contribution is -0.0394. The largest absolute Gasteiger partial charge is 0.372 e. The number of ether oxygens (including phenoxy) is 1. The SMILES string of the molecule is N#CC(N)(CCN1CC2CCC(C1)O2)c1ccccc1. The molecule has 2 bridgehead atoms. The fraction of sp³-hybridized carbons (Fsp3) is 0.562. The summed E-state index contributed by atoms with van der Waals surface area (Å²) in [6.07, 6.45) is 3.78. The number of nitrogens with two attached hydrogens (primary N) is 1. The topological polar surface area (TPSA) is 62.3 Å². The number of morpholine rings is 1. The number of nitriles is 1. The fourth-order valence-electron chi connectivity index (χ4n) is 3.22. The van der Waals surface area contributed by atoms with Crippen LogP contribution in [-0.4, -0.2) is 36.7 Å². The molecule has 2 aliphatic rings. The minimum atomic E-state index is -0.890. The lowest BCUT2D eigenvalue weighted by Gasteiger charge is -2.34. The summed E-state index contributed by atoms with van der Waals surface area (Å²) in [5, 5.41) is 9.47. The van der Waals surface area contributed by atoms with Gasteiger partial charge in [-0.05, 0) is 24.8 Å².